The van der Waals surface area contributed by atoms with Crippen LogP contribution in [0.1, 0.15) is 6.42 Å². The predicted octanol–water partition coefficient (Wildman–Crippen LogP) is 1.62. The van der Waals surface area contributed by atoms with Gasteiger partial charge < -0.3 is 24.6 Å². The van der Waals surface area contributed by atoms with E-state index in [1.807, 2.05) is 30.3 Å². The summed E-state index contributed by atoms with van der Waals surface area (Å²) in [6.07, 6.45) is 2.10. The third-order valence-corrected chi connectivity index (χ3v) is 2.77. The number of aliphatic hydroxyl groups is 1. The van der Waals surface area contributed by atoms with Crippen molar-refractivity contribution in [2.45, 2.75) is 12.5 Å². The Hall–Kier alpha value is -1.56. The van der Waals surface area contributed by atoms with E-state index in [-0.39, 0.29) is 6.61 Å². The van der Waals surface area contributed by atoms with Gasteiger partial charge in [-0.25, -0.2) is 0 Å². The molecule has 2 N–H and O–H groups in total. The lowest BCUT2D eigenvalue weighted by Gasteiger charge is -2.15. The maximum absolute atomic E-state index is 9.83. The van der Waals surface area contributed by atoms with E-state index < -0.39 is 6.10 Å². The van der Waals surface area contributed by atoms with Crippen LogP contribution in [0.2, 0.25) is 0 Å². The number of nitrogens with one attached hydrogen (secondary N) is 1. The fourth-order valence-corrected chi connectivity index (χ4v) is 1.66. The molecule has 0 aliphatic heterocycles. The number of methoxy groups -OCH3 is 1. The van der Waals surface area contributed by atoms with E-state index in [2.05, 4.69) is 11.9 Å². The quantitative estimate of drug-likeness (QED) is 0.453. The first-order chi connectivity index (χ1) is 10.3. The molecule has 118 valence electrons. The van der Waals surface area contributed by atoms with Crippen LogP contribution >= 0.6 is 0 Å². The molecule has 0 saturated carbocycles. The molecule has 21 heavy (non-hydrogen) atoms. The van der Waals surface area contributed by atoms with Crippen LogP contribution in [0.25, 0.3) is 0 Å². The highest BCUT2D eigenvalue weighted by atomic mass is 16.5. The number of rotatable bonds is 12. The molecule has 0 radical (unpaired) electrons. The molecule has 5 heteroatoms. The van der Waals surface area contributed by atoms with Gasteiger partial charge in [-0.05, 0) is 18.6 Å². The zero-order chi connectivity index (χ0) is 15.3. The summed E-state index contributed by atoms with van der Waals surface area (Å²) >= 11 is 0. The first-order valence-corrected chi connectivity index (χ1v) is 7.11. The molecule has 0 aliphatic rings. The summed E-state index contributed by atoms with van der Waals surface area (Å²) < 4.78 is 16.1. The average Bonchev–Trinajstić information content (AvgIpc) is 2.52. The van der Waals surface area contributed by atoms with Crippen molar-refractivity contribution in [2.24, 2.45) is 0 Å². The van der Waals surface area contributed by atoms with Crippen molar-refractivity contribution in [2.75, 3.05) is 40.0 Å². The topological polar surface area (TPSA) is 60.0 Å². The summed E-state index contributed by atoms with van der Waals surface area (Å²) in [5.41, 5.74) is 0. The second-order valence-corrected chi connectivity index (χ2v) is 4.51. The minimum atomic E-state index is -0.580. The molecule has 0 aromatic heterocycles. The van der Waals surface area contributed by atoms with Crippen molar-refractivity contribution in [1.29, 1.82) is 0 Å². The van der Waals surface area contributed by atoms with Crippen LogP contribution in [-0.4, -0.2) is 51.2 Å². The maximum Gasteiger partial charge on any atom is 0.161 e. The molecule has 1 rings (SSSR count). The van der Waals surface area contributed by atoms with Crippen LogP contribution in [0.3, 0.4) is 0 Å². The molecule has 0 bridgehead atoms. The molecule has 0 aliphatic carbocycles. The van der Waals surface area contributed by atoms with Crippen molar-refractivity contribution < 1.29 is 19.3 Å². The van der Waals surface area contributed by atoms with E-state index >= 15 is 0 Å². The lowest BCUT2D eigenvalue weighted by Crippen LogP contribution is -2.33. The fourth-order valence-electron chi connectivity index (χ4n) is 1.66. The van der Waals surface area contributed by atoms with Gasteiger partial charge in [-0.2, -0.15) is 0 Å². The van der Waals surface area contributed by atoms with Crippen LogP contribution in [0.4, 0.5) is 0 Å². The van der Waals surface area contributed by atoms with Crippen LogP contribution in [-0.2, 0) is 4.74 Å². The van der Waals surface area contributed by atoms with Crippen molar-refractivity contribution in [1.82, 2.24) is 5.32 Å². The Morgan fingerprint density at radius 1 is 1.29 bits per heavy atom. The minimum absolute atomic E-state index is 0.213. The number of aliphatic hydroxyl groups excluding tert-OH is 1. The SMILES string of the molecule is C=CCCOCCNCC(O)COc1ccccc1OC. The van der Waals surface area contributed by atoms with E-state index in [1.165, 1.54) is 0 Å². The van der Waals surface area contributed by atoms with E-state index in [9.17, 15) is 5.11 Å². The van der Waals surface area contributed by atoms with Crippen molar-refractivity contribution >= 4 is 0 Å². The van der Waals surface area contributed by atoms with Gasteiger partial charge in [0.15, 0.2) is 11.5 Å². The Kier molecular flexibility index (Phi) is 9.28. The first-order valence-electron chi connectivity index (χ1n) is 7.11. The summed E-state index contributed by atoms with van der Waals surface area (Å²) in [6.45, 7) is 6.30. The normalized spacial score (nSPS) is 11.9. The van der Waals surface area contributed by atoms with Crippen molar-refractivity contribution in [3.05, 3.63) is 36.9 Å². The Balaban J connectivity index is 2.11. The molecule has 1 aromatic carbocycles. The van der Waals surface area contributed by atoms with Gasteiger partial charge >= 0.3 is 0 Å². The summed E-state index contributed by atoms with van der Waals surface area (Å²) in [4.78, 5) is 0. The molecule has 0 heterocycles. The lowest BCUT2D eigenvalue weighted by molar-refractivity contribution is 0.0980. The molecule has 1 aromatic rings. The molecule has 5 nitrogen and oxygen atoms in total. The van der Waals surface area contributed by atoms with E-state index in [0.29, 0.717) is 37.8 Å². The number of hydrogen-bond acceptors (Lipinski definition) is 5. The second kappa shape index (κ2) is 11.1. The Bertz CT molecular complexity index is 398. The number of para-hydroxylation sites is 2. The lowest BCUT2D eigenvalue weighted by atomic mass is 10.3. The summed E-state index contributed by atoms with van der Waals surface area (Å²) in [6, 6.07) is 7.37. The predicted molar refractivity (Wildman–Crippen MR) is 83.0 cm³/mol. The molecule has 0 fully saturated rings. The van der Waals surface area contributed by atoms with Gasteiger partial charge in [0, 0.05) is 13.1 Å². The third kappa shape index (κ3) is 7.70. The summed E-state index contributed by atoms with van der Waals surface area (Å²) in [5, 5.41) is 12.9. The standard InChI is InChI=1S/C16H25NO4/c1-3-4-10-20-11-9-17-12-14(18)13-21-16-8-6-5-7-15(16)19-2/h3,5-8,14,17-18H,1,4,9-13H2,2H3. The Morgan fingerprint density at radius 2 is 2.05 bits per heavy atom. The van der Waals surface area contributed by atoms with Gasteiger partial charge in [0.25, 0.3) is 0 Å². The number of ether oxygens (including phenoxy) is 3. The van der Waals surface area contributed by atoms with Gasteiger partial charge in [0.05, 0.1) is 20.3 Å². The van der Waals surface area contributed by atoms with Crippen molar-refractivity contribution in [3.63, 3.8) is 0 Å². The highest BCUT2D eigenvalue weighted by Gasteiger charge is 2.07. The van der Waals surface area contributed by atoms with Crippen LogP contribution in [0.15, 0.2) is 36.9 Å². The molecule has 1 unspecified atom stereocenters. The molecule has 1 atom stereocenters. The van der Waals surface area contributed by atoms with Gasteiger partial charge in [0.2, 0.25) is 0 Å². The molecular weight excluding hydrogens is 270 g/mol. The van der Waals surface area contributed by atoms with Gasteiger partial charge in [-0.3, -0.25) is 0 Å². The van der Waals surface area contributed by atoms with Gasteiger partial charge in [-0.15, -0.1) is 6.58 Å². The fraction of sp³-hybridized carbons (Fsp3) is 0.500. The zero-order valence-electron chi connectivity index (χ0n) is 12.6. The Morgan fingerprint density at radius 3 is 2.76 bits per heavy atom. The number of hydrogen-bond donors (Lipinski definition) is 2. The third-order valence-electron chi connectivity index (χ3n) is 2.77. The second-order valence-electron chi connectivity index (χ2n) is 4.51. The smallest absolute Gasteiger partial charge is 0.161 e. The molecular formula is C16H25NO4. The van der Waals surface area contributed by atoms with Crippen LogP contribution in [0, 0.1) is 0 Å². The van der Waals surface area contributed by atoms with Gasteiger partial charge in [0.1, 0.15) is 12.7 Å². The monoisotopic (exact) mass is 295 g/mol. The van der Waals surface area contributed by atoms with Crippen LogP contribution < -0.4 is 14.8 Å². The Labute approximate surface area is 126 Å². The van der Waals surface area contributed by atoms with E-state index in [1.54, 1.807) is 7.11 Å². The maximum atomic E-state index is 9.83. The number of benzene rings is 1. The van der Waals surface area contributed by atoms with Gasteiger partial charge in [-0.1, -0.05) is 18.2 Å². The first kappa shape index (κ1) is 17.5. The zero-order valence-corrected chi connectivity index (χ0v) is 12.6. The summed E-state index contributed by atoms with van der Waals surface area (Å²) in [5.74, 6) is 1.29. The average molecular weight is 295 g/mol. The molecule has 0 amide bonds. The summed E-state index contributed by atoms with van der Waals surface area (Å²) in [7, 11) is 1.59. The largest absolute Gasteiger partial charge is 0.493 e. The minimum Gasteiger partial charge on any atom is -0.493 e. The molecule has 0 spiro atoms. The van der Waals surface area contributed by atoms with Crippen LogP contribution in [0.5, 0.6) is 11.5 Å². The molecule has 0 saturated heterocycles. The van der Waals surface area contributed by atoms with Crippen molar-refractivity contribution in [3.8, 4) is 11.5 Å². The highest BCUT2D eigenvalue weighted by molar-refractivity contribution is 5.39. The van der Waals surface area contributed by atoms with E-state index in [0.717, 1.165) is 6.42 Å². The highest BCUT2D eigenvalue weighted by Crippen LogP contribution is 2.25. The van der Waals surface area contributed by atoms with E-state index in [4.69, 9.17) is 14.2 Å².